The Kier molecular flexibility index (Phi) is 16.0. The van der Waals surface area contributed by atoms with Crippen LogP contribution in [0.1, 0.15) is 84.0 Å². The molecule has 0 aromatic heterocycles. The van der Waals surface area contributed by atoms with Crippen molar-refractivity contribution >= 4 is 0 Å². The summed E-state index contributed by atoms with van der Waals surface area (Å²) in [5.41, 5.74) is 0. The Labute approximate surface area is 116 Å². The second-order valence-electron chi connectivity index (χ2n) is 5.08. The van der Waals surface area contributed by atoms with Crippen molar-refractivity contribution in [1.29, 1.82) is 0 Å². The molecule has 0 heterocycles. The van der Waals surface area contributed by atoms with E-state index in [2.05, 4.69) is 38.2 Å². The van der Waals surface area contributed by atoms with Crippen molar-refractivity contribution in [2.75, 3.05) is 0 Å². The van der Waals surface area contributed by atoms with Crippen molar-refractivity contribution in [3.63, 3.8) is 0 Å². The summed E-state index contributed by atoms with van der Waals surface area (Å²) in [7, 11) is 0. The van der Waals surface area contributed by atoms with Gasteiger partial charge in [-0.05, 0) is 32.1 Å². The highest BCUT2D eigenvalue weighted by molar-refractivity contribution is 4.92. The molecule has 0 nitrogen and oxygen atoms in total. The molecule has 0 saturated carbocycles. The van der Waals surface area contributed by atoms with Gasteiger partial charge in [-0.25, -0.2) is 0 Å². The van der Waals surface area contributed by atoms with Crippen molar-refractivity contribution in [2.45, 2.75) is 84.0 Å². The van der Waals surface area contributed by atoms with Crippen LogP contribution in [-0.4, -0.2) is 0 Å². The number of rotatable bonds is 13. The van der Waals surface area contributed by atoms with Gasteiger partial charge in [0.2, 0.25) is 0 Å². The smallest absolute Gasteiger partial charge is 0.0169 e. The number of hydrogen-bond acceptors (Lipinski definition) is 0. The third-order valence-corrected chi connectivity index (χ3v) is 3.20. The van der Waals surface area contributed by atoms with Crippen LogP contribution in [0.15, 0.2) is 24.3 Å². The van der Waals surface area contributed by atoms with Gasteiger partial charge in [-0.3, -0.25) is 0 Å². The standard InChI is InChI=1S/C18H33/c1-3-5-7-9-11-13-15-17-18-16-14-12-10-8-6-4-2/h14-17H,1,3-13,18H2,2H3/b16-14+,17-15+. The zero-order valence-electron chi connectivity index (χ0n) is 12.5. The molecule has 0 N–H and O–H groups in total. The fourth-order valence-electron chi connectivity index (χ4n) is 1.99. The summed E-state index contributed by atoms with van der Waals surface area (Å²) in [4.78, 5) is 0. The molecule has 18 heavy (non-hydrogen) atoms. The van der Waals surface area contributed by atoms with Crippen molar-refractivity contribution in [3.05, 3.63) is 31.2 Å². The molecule has 105 valence electrons. The van der Waals surface area contributed by atoms with E-state index in [0.29, 0.717) is 0 Å². The van der Waals surface area contributed by atoms with E-state index in [1.807, 2.05) is 0 Å². The Bertz CT molecular complexity index is 188. The van der Waals surface area contributed by atoms with Crippen molar-refractivity contribution in [1.82, 2.24) is 0 Å². The molecular formula is C18H33. The van der Waals surface area contributed by atoms with Gasteiger partial charge < -0.3 is 0 Å². The Hall–Kier alpha value is -0.520. The number of hydrogen-bond donors (Lipinski definition) is 0. The number of allylic oxidation sites excluding steroid dienone is 4. The maximum absolute atomic E-state index is 3.86. The van der Waals surface area contributed by atoms with Gasteiger partial charge in [-0.1, -0.05) is 83.1 Å². The van der Waals surface area contributed by atoms with Gasteiger partial charge in [0.1, 0.15) is 0 Å². The average molecular weight is 249 g/mol. The Morgan fingerprint density at radius 3 is 1.78 bits per heavy atom. The highest BCUT2D eigenvalue weighted by Crippen LogP contribution is 2.06. The van der Waals surface area contributed by atoms with E-state index in [-0.39, 0.29) is 0 Å². The van der Waals surface area contributed by atoms with E-state index < -0.39 is 0 Å². The van der Waals surface area contributed by atoms with Crippen LogP contribution in [0.3, 0.4) is 0 Å². The third kappa shape index (κ3) is 15.5. The molecule has 0 saturated heterocycles. The quantitative estimate of drug-likeness (QED) is 0.254. The normalized spacial score (nSPS) is 11.9. The molecule has 0 rings (SSSR count). The summed E-state index contributed by atoms with van der Waals surface area (Å²) in [6.07, 6.45) is 24.9. The summed E-state index contributed by atoms with van der Waals surface area (Å²) < 4.78 is 0. The van der Waals surface area contributed by atoms with E-state index in [9.17, 15) is 0 Å². The van der Waals surface area contributed by atoms with Gasteiger partial charge in [-0.15, -0.1) is 0 Å². The minimum atomic E-state index is 1.10. The SMILES string of the molecule is [CH2]CCCCCC/C=C/C/C=C/CCCCCC. The average Bonchev–Trinajstić information content (AvgIpc) is 2.39. The first-order chi connectivity index (χ1) is 8.91. The van der Waals surface area contributed by atoms with Crippen LogP contribution in [-0.2, 0) is 0 Å². The first kappa shape index (κ1) is 17.5. The Balaban J connectivity index is 3.14. The summed E-state index contributed by atoms with van der Waals surface area (Å²) in [5.74, 6) is 0. The fraction of sp³-hybridized carbons (Fsp3) is 0.722. The van der Waals surface area contributed by atoms with Crippen molar-refractivity contribution in [2.24, 2.45) is 0 Å². The minimum Gasteiger partial charge on any atom is -0.0882 e. The van der Waals surface area contributed by atoms with Gasteiger partial charge in [0.15, 0.2) is 0 Å². The van der Waals surface area contributed by atoms with E-state index in [0.717, 1.165) is 12.8 Å². The second kappa shape index (κ2) is 16.5. The minimum absolute atomic E-state index is 1.10. The molecule has 0 aliphatic carbocycles. The van der Waals surface area contributed by atoms with E-state index in [1.54, 1.807) is 0 Å². The Morgan fingerprint density at radius 2 is 1.22 bits per heavy atom. The van der Waals surface area contributed by atoms with Crippen LogP contribution >= 0.6 is 0 Å². The number of unbranched alkanes of at least 4 members (excludes halogenated alkanes) is 9. The molecule has 0 spiro atoms. The predicted molar refractivity (Wildman–Crippen MR) is 84.7 cm³/mol. The van der Waals surface area contributed by atoms with Crippen LogP contribution < -0.4 is 0 Å². The Morgan fingerprint density at radius 1 is 0.667 bits per heavy atom. The fourth-order valence-corrected chi connectivity index (χ4v) is 1.99. The molecule has 1 radical (unpaired) electrons. The van der Waals surface area contributed by atoms with Gasteiger partial charge in [0.25, 0.3) is 0 Å². The molecule has 0 heteroatoms. The molecule has 0 aliphatic rings. The molecule has 0 aliphatic heterocycles. The summed E-state index contributed by atoms with van der Waals surface area (Å²) in [5, 5.41) is 0. The van der Waals surface area contributed by atoms with Crippen LogP contribution in [0, 0.1) is 6.92 Å². The second-order valence-corrected chi connectivity index (χ2v) is 5.08. The lowest BCUT2D eigenvalue weighted by Crippen LogP contribution is -1.76. The van der Waals surface area contributed by atoms with Crippen LogP contribution in [0.2, 0.25) is 0 Å². The van der Waals surface area contributed by atoms with E-state index in [4.69, 9.17) is 0 Å². The molecule has 0 fully saturated rings. The molecule has 0 amide bonds. The monoisotopic (exact) mass is 249 g/mol. The maximum Gasteiger partial charge on any atom is -0.0169 e. The summed E-state index contributed by atoms with van der Waals surface area (Å²) >= 11 is 0. The third-order valence-electron chi connectivity index (χ3n) is 3.20. The molecule has 0 unspecified atom stereocenters. The van der Waals surface area contributed by atoms with Gasteiger partial charge in [0, 0.05) is 0 Å². The van der Waals surface area contributed by atoms with Crippen LogP contribution in [0.25, 0.3) is 0 Å². The molecule has 0 aromatic carbocycles. The molecule has 0 aromatic rings. The first-order valence-electron chi connectivity index (χ1n) is 8.01. The zero-order chi connectivity index (χ0) is 13.3. The zero-order valence-corrected chi connectivity index (χ0v) is 12.5. The lowest BCUT2D eigenvalue weighted by molar-refractivity contribution is 0.651. The lowest BCUT2D eigenvalue weighted by atomic mass is 10.1. The van der Waals surface area contributed by atoms with Gasteiger partial charge in [-0.2, -0.15) is 0 Å². The predicted octanol–water partition coefficient (Wildman–Crippen LogP) is 6.63. The highest BCUT2D eigenvalue weighted by Gasteiger charge is 1.86. The van der Waals surface area contributed by atoms with Gasteiger partial charge >= 0.3 is 0 Å². The topological polar surface area (TPSA) is 0 Å². The summed E-state index contributed by atoms with van der Waals surface area (Å²) in [6.45, 7) is 6.13. The molecule has 0 atom stereocenters. The first-order valence-corrected chi connectivity index (χ1v) is 8.01. The van der Waals surface area contributed by atoms with Crippen molar-refractivity contribution in [3.8, 4) is 0 Å². The highest BCUT2D eigenvalue weighted by atomic mass is 13.9. The van der Waals surface area contributed by atoms with Crippen molar-refractivity contribution < 1.29 is 0 Å². The van der Waals surface area contributed by atoms with E-state index >= 15 is 0 Å². The largest absolute Gasteiger partial charge is 0.0882 e. The summed E-state index contributed by atoms with van der Waals surface area (Å²) in [6, 6.07) is 0. The maximum atomic E-state index is 3.86. The van der Waals surface area contributed by atoms with E-state index in [1.165, 1.54) is 64.2 Å². The lowest BCUT2D eigenvalue weighted by Gasteiger charge is -1.95. The molecular weight excluding hydrogens is 216 g/mol. The van der Waals surface area contributed by atoms with Gasteiger partial charge in [0.05, 0.1) is 0 Å². The van der Waals surface area contributed by atoms with Crippen LogP contribution in [0.5, 0.6) is 0 Å². The molecule has 0 bridgehead atoms. The van der Waals surface area contributed by atoms with Crippen LogP contribution in [0.4, 0.5) is 0 Å².